The van der Waals surface area contributed by atoms with Gasteiger partial charge in [0.1, 0.15) is 0 Å². The van der Waals surface area contributed by atoms with Crippen LogP contribution in [0.25, 0.3) is 0 Å². The summed E-state index contributed by atoms with van der Waals surface area (Å²) in [6, 6.07) is 8.84. The molecule has 0 aromatic heterocycles. The number of hydrogen-bond donors (Lipinski definition) is 1. The van der Waals surface area contributed by atoms with Gasteiger partial charge >= 0.3 is 0 Å². The van der Waals surface area contributed by atoms with E-state index < -0.39 is 0 Å². The average Bonchev–Trinajstić information content (AvgIpc) is 2.32. The molecule has 0 aliphatic heterocycles. The molecule has 0 bridgehead atoms. The molecule has 0 aliphatic rings. The lowest BCUT2D eigenvalue weighted by Gasteiger charge is -2.14. The van der Waals surface area contributed by atoms with Crippen molar-refractivity contribution >= 4 is 0 Å². The zero-order valence-electron chi connectivity index (χ0n) is 11.1. The van der Waals surface area contributed by atoms with E-state index in [0.29, 0.717) is 0 Å². The van der Waals surface area contributed by atoms with Gasteiger partial charge in [0.15, 0.2) is 0 Å². The minimum atomic E-state index is 0.930. The Morgan fingerprint density at radius 3 is 2.47 bits per heavy atom. The predicted molar refractivity (Wildman–Crippen MR) is 75.0 cm³/mol. The van der Waals surface area contributed by atoms with Crippen LogP contribution in [0.15, 0.2) is 36.9 Å². The Labute approximate surface area is 105 Å². The van der Waals surface area contributed by atoms with E-state index in [0.717, 1.165) is 26.2 Å². The van der Waals surface area contributed by atoms with Crippen LogP contribution >= 0.6 is 0 Å². The molecular weight excluding hydrogens is 208 g/mol. The summed E-state index contributed by atoms with van der Waals surface area (Å²) in [5.74, 6) is 0. The predicted octanol–water partition coefficient (Wildman–Crippen LogP) is 2.80. The van der Waals surface area contributed by atoms with Crippen molar-refractivity contribution in [3.8, 4) is 0 Å². The second-order valence-electron chi connectivity index (χ2n) is 4.48. The number of rotatable bonds is 8. The van der Waals surface area contributed by atoms with Crippen LogP contribution in [0, 0.1) is 0 Å². The molecule has 94 valence electrons. The highest BCUT2D eigenvalue weighted by molar-refractivity contribution is 5.22. The van der Waals surface area contributed by atoms with Crippen molar-refractivity contribution in [2.24, 2.45) is 0 Å². The molecule has 0 amide bonds. The Bertz CT molecular complexity index is 316. The fourth-order valence-corrected chi connectivity index (χ4v) is 1.77. The first-order valence-electron chi connectivity index (χ1n) is 6.34. The van der Waals surface area contributed by atoms with E-state index in [4.69, 9.17) is 0 Å². The Morgan fingerprint density at radius 1 is 1.24 bits per heavy atom. The van der Waals surface area contributed by atoms with Crippen LogP contribution in [0.5, 0.6) is 0 Å². The highest BCUT2D eigenvalue weighted by Gasteiger charge is 1.98. The van der Waals surface area contributed by atoms with E-state index >= 15 is 0 Å². The second-order valence-corrected chi connectivity index (χ2v) is 4.48. The van der Waals surface area contributed by atoms with Gasteiger partial charge in [0.25, 0.3) is 0 Å². The van der Waals surface area contributed by atoms with Crippen LogP contribution in [-0.4, -0.2) is 25.0 Å². The standard InChI is InChI=1S/C15H24N2/c1-4-10-16-12-14-6-8-15(9-7-14)13-17(3)11-5-2/h5-9,16H,2,4,10-13H2,1,3H3. The maximum atomic E-state index is 3.75. The SMILES string of the molecule is C=CCN(C)Cc1ccc(CNCCC)cc1. The highest BCUT2D eigenvalue weighted by atomic mass is 15.1. The van der Waals surface area contributed by atoms with Crippen molar-refractivity contribution < 1.29 is 0 Å². The fraction of sp³-hybridized carbons (Fsp3) is 0.467. The average molecular weight is 232 g/mol. The number of benzene rings is 1. The smallest absolute Gasteiger partial charge is 0.0233 e. The molecule has 2 heteroatoms. The molecular formula is C15H24N2. The summed E-state index contributed by atoms with van der Waals surface area (Å²) in [5, 5.41) is 3.41. The summed E-state index contributed by atoms with van der Waals surface area (Å²) in [4.78, 5) is 2.25. The van der Waals surface area contributed by atoms with Crippen molar-refractivity contribution in [3.05, 3.63) is 48.0 Å². The quantitative estimate of drug-likeness (QED) is 0.548. The summed E-state index contributed by atoms with van der Waals surface area (Å²) in [6.45, 7) is 9.90. The van der Waals surface area contributed by atoms with E-state index in [1.54, 1.807) is 0 Å². The first-order valence-corrected chi connectivity index (χ1v) is 6.34. The molecule has 0 saturated heterocycles. The normalized spacial score (nSPS) is 10.8. The van der Waals surface area contributed by atoms with Crippen LogP contribution < -0.4 is 5.32 Å². The van der Waals surface area contributed by atoms with Gasteiger partial charge in [-0.15, -0.1) is 6.58 Å². The van der Waals surface area contributed by atoms with Gasteiger partial charge < -0.3 is 5.32 Å². The van der Waals surface area contributed by atoms with Crippen LogP contribution in [0.3, 0.4) is 0 Å². The van der Waals surface area contributed by atoms with Crippen molar-refractivity contribution in [3.63, 3.8) is 0 Å². The lowest BCUT2D eigenvalue weighted by atomic mass is 10.1. The van der Waals surface area contributed by atoms with Gasteiger partial charge in [-0.3, -0.25) is 4.90 Å². The minimum absolute atomic E-state index is 0.930. The third-order valence-electron chi connectivity index (χ3n) is 2.67. The van der Waals surface area contributed by atoms with Crippen molar-refractivity contribution in [2.45, 2.75) is 26.4 Å². The monoisotopic (exact) mass is 232 g/mol. The first-order chi connectivity index (χ1) is 8.26. The van der Waals surface area contributed by atoms with E-state index in [2.05, 4.69) is 55.0 Å². The van der Waals surface area contributed by atoms with E-state index in [1.807, 2.05) is 6.08 Å². The molecule has 0 fully saturated rings. The highest BCUT2D eigenvalue weighted by Crippen LogP contribution is 2.06. The second kappa shape index (κ2) is 8.04. The van der Waals surface area contributed by atoms with Crippen LogP contribution in [-0.2, 0) is 13.1 Å². The van der Waals surface area contributed by atoms with Crippen molar-refractivity contribution in [2.75, 3.05) is 20.1 Å². The Kier molecular flexibility index (Phi) is 6.60. The molecule has 0 saturated carbocycles. The van der Waals surface area contributed by atoms with E-state index in [-0.39, 0.29) is 0 Å². The molecule has 1 N–H and O–H groups in total. The number of nitrogens with zero attached hydrogens (tertiary/aromatic N) is 1. The lowest BCUT2D eigenvalue weighted by Crippen LogP contribution is -2.17. The van der Waals surface area contributed by atoms with Crippen LogP contribution in [0.1, 0.15) is 24.5 Å². The summed E-state index contributed by atoms with van der Waals surface area (Å²) >= 11 is 0. The zero-order valence-corrected chi connectivity index (χ0v) is 11.1. The van der Waals surface area contributed by atoms with Gasteiger partial charge in [-0.1, -0.05) is 37.3 Å². The van der Waals surface area contributed by atoms with Gasteiger partial charge in [-0.2, -0.15) is 0 Å². The maximum absolute atomic E-state index is 3.75. The Hall–Kier alpha value is -1.12. The fourth-order valence-electron chi connectivity index (χ4n) is 1.77. The summed E-state index contributed by atoms with van der Waals surface area (Å²) in [7, 11) is 2.11. The zero-order chi connectivity index (χ0) is 12.5. The van der Waals surface area contributed by atoms with Crippen molar-refractivity contribution in [1.29, 1.82) is 0 Å². The summed E-state index contributed by atoms with van der Waals surface area (Å²) in [5.41, 5.74) is 2.71. The lowest BCUT2D eigenvalue weighted by molar-refractivity contribution is 0.363. The minimum Gasteiger partial charge on any atom is -0.313 e. The molecule has 0 unspecified atom stereocenters. The molecule has 1 rings (SSSR count). The van der Waals surface area contributed by atoms with E-state index in [1.165, 1.54) is 17.5 Å². The summed E-state index contributed by atoms with van der Waals surface area (Å²) < 4.78 is 0. The molecule has 0 atom stereocenters. The Balaban J connectivity index is 2.41. The third-order valence-corrected chi connectivity index (χ3v) is 2.67. The van der Waals surface area contributed by atoms with Crippen LogP contribution in [0.2, 0.25) is 0 Å². The molecule has 1 aromatic rings. The van der Waals surface area contributed by atoms with Gasteiger partial charge in [-0.25, -0.2) is 0 Å². The largest absolute Gasteiger partial charge is 0.313 e. The molecule has 2 nitrogen and oxygen atoms in total. The van der Waals surface area contributed by atoms with E-state index in [9.17, 15) is 0 Å². The third kappa shape index (κ3) is 5.66. The molecule has 0 aliphatic carbocycles. The van der Waals surface area contributed by atoms with Gasteiger partial charge in [0.2, 0.25) is 0 Å². The van der Waals surface area contributed by atoms with Crippen molar-refractivity contribution in [1.82, 2.24) is 10.2 Å². The van der Waals surface area contributed by atoms with Gasteiger partial charge in [0, 0.05) is 19.6 Å². The molecule has 0 radical (unpaired) electrons. The number of nitrogens with one attached hydrogen (secondary N) is 1. The number of hydrogen-bond acceptors (Lipinski definition) is 2. The van der Waals surface area contributed by atoms with Gasteiger partial charge in [-0.05, 0) is 31.1 Å². The molecule has 0 heterocycles. The molecule has 1 aromatic carbocycles. The van der Waals surface area contributed by atoms with Crippen LogP contribution in [0.4, 0.5) is 0 Å². The summed E-state index contributed by atoms with van der Waals surface area (Å²) in [6.07, 6.45) is 3.12. The van der Waals surface area contributed by atoms with Gasteiger partial charge in [0.05, 0.1) is 0 Å². The number of likely N-dealkylation sites (N-methyl/N-ethyl adjacent to an activating group) is 1. The molecule has 17 heavy (non-hydrogen) atoms. The first kappa shape index (κ1) is 13.9. The molecule has 0 spiro atoms. The maximum Gasteiger partial charge on any atom is 0.0233 e. The topological polar surface area (TPSA) is 15.3 Å². The Morgan fingerprint density at radius 2 is 1.88 bits per heavy atom.